The van der Waals surface area contributed by atoms with Gasteiger partial charge in [0.1, 0.15) is 17.7 Å². The summed E-state index contributed by atoms with van der Waals surface area (Å²) in [7, 11) is 0. The Morgan fingerprint density at radius 2 is 2.03 bits per heavy atom. The maximum atomic E-state index is 12.4. The Hall–Kier alpha value is -3.02. The number of amides is 1. The van der Waals surface area contributed by atoms with Crippen molar-refractivity contribution in [2.45, 2.75) is 33.0 Å². The van der Waals surface area contributed by atoms with E-state index < -0.39 is 0 Å². The van der Waals surface area contributed by atoms with Crippen LogP contribution in [0.4, 0.5) is 16.3 Å². The third-order valence-corrected chi connectivity index (χ3v) is 6.18. The number of carbonyl (C=O) groups is 1. The van der Waals surface area contributed by atoms with Crippen LogP contribution in [0, 0.1) is 30.1 Å². The highest BCUT2D eigenvalue weighted by Crippen LogP contribution is 2.35. The quantitative estimate of drug-likeness (QED) is 0.685. The molecule has 9 heteroatoms. The summed E-state index contributed by atoms with van der Waals surface area (Å²) < 4.78 is 17.6. The molecule has 3 heterocycles. The SMILES string of the molecule is Cc1c(OC2C3COCC2CN(C(=O)OC(C)C)C3)ccnc1Nc1ccc(C#N)cc1Cl. The van der Waals surface area contributed by atoms with E-state index in [4.69, 9.17) is 31.1 Å². The van der Waals surface area contributed by atoms with Gasteiger partial charge in [-0.05, 0) is 45.0 Å². The largest absolute Gasteiger partial charge is 0.489 e. The van der Waals surface area contributed by atoms with Crippen molar-refractivity contribution in [2.24, 2.45) is 11.8 Å². The zero-order valence-electron chi connectivity index (χ0n) is 18.9. The minimum atomic E-state index is -0.286. The van der Waals surface area contributed by atoms with Gasteiger partial charge in [0.25, 0.3) is 0 Å². The topological polar surface area (TPSA) is 96.7 Å². The molecule has 2 aliphatic rings. The molecule has 174 valence electrons. The van der Waals surface area contributed by atoms with Crippen LogP contribution in [0.15, 0.2) is 30.5 Å². The summed E-state index contributed by atoms with van der Waals surface area (Å²) in [5, 5.41) is 12.7. The van der Waals surface area contributed by atoms with E-state index in [1.165, 1.54) is 0 Å². The normalized spacial score (nSPS) is 21.9. The first-order valence-electron chi connectivity index (χ1n) is 11.0. The Kier molecular flexibility index (Phi) is 6.91. The number of nitriles is 1. The molecule has 33 heavy (non-hydrogen) atoms. The Morgan fingerprint density at radius 1 is 1.30 bits per heavy atom. The maximum Gasteiger partial charge on any atom is 0.410 e. The van der Waals surface area contributed by atoms with Gasteiger partial charge >= 0.3 is 6.09 Å². The predicted octanol–water partition coefficient (Wildman–Crippen LogP) is 4.53. The second-order valence-electron chi connectivity index (χ2n) is 8.69. The third-order valence-electron chi connectivity index (χ3n) is 5.87. The molecular formula is C24H27ClN4O4. The number of rotatable bonds is 5. The number of fused-ring (bicyclic) bond motifs is 2. The second-order valence-corrected chi connectivity index (χ2v) is 9.10. The van der Waals surface area contributed by atoms with Gasteiger partial charge in [0.15, 0.2) is 0 Å². The predicted molar refractivity (Wildman–Crippen MR) is 124 cm³/mol. The van der Waals surface area contributed by atoms with Crippen LogP contribution in [-0.4, -0.2) is 54.5 Å². The lowest BCUT2D eigenvalue weighted by Crippen LogP contribution is -2.58. The van der Waals surface area contributed by atoms with Gasteiger partial charge < -0.3 is 24.4 Å². The van der Waals surface area contributed by atoms with Crippen LogP contribution in [0.25, 0.3) is 0 Å². The van der Waals surface area contributed by atoms with E-state index in [0.29, 0.717) is 48.4 Å². The van der Waals surface area contributed by atoms with Crippen molar-refractivity contribution < 1.29 is 19.0 Å². The zero-order chi connectivity index (χ0) is 23.5. The average molecular weight is 471 g/mol. The van der Waals surface area contributed by atoms with E-state index in [9.17, 15) is 4.79 Å². The fourth-order valence-electron chi connectivity index (χ4n) is 4.25. The molecule has 2 aliphatic heterocycles. The summed E-state index contributed by atoms with van der Waals surface area (Å²) in [4.78, 5) is 18.6. The molecular weight excluding hydrogens is 444 g/mol. The summed E-state index contributed by atoms with van der Waals surface area (Å²) in [5.74, 6) is 1.44. The van der Waals surface area contributed by atoms with Gasteiger partial charge in [-0.2, -0.15) is 5.26 Å². The number of anilines is 2. The highest BCUT2D eigenvalue weighted by atomic mass is 35.5. The van der Waals surface area contributed by atoms with Gasteiger partial charge in [-0.15, -0.1) is 0 Å². The molecule has 2 aromatic rings. The van der Waals surface area contributed by atoms with Crippen molar-refractivity contribution in [1.82, 2.24) is 9.88 Å². The number of nitrogens with zero attached hydrogens (tertiary/aromatic N) is 3. The van der Waals surface area contributed by atoms with Crippen molar-refractivity contribution in [3.8, 4) is 11.8 Å². The summed E-state index contributed by atoms with van der Waals surface area (Å²) >= 11 is 6.31. The minimum absolute atomic E-state index is 0.0501. The molecule has 2 bridgehead atoms. The van der Waals surface area contributed by atoms with Crippen LogP contribution >= 0.6 is 11.6 Å². The number of hydrogen-bond acceptors (Lipinski definition) is 7. The Labute approximate surface area is 198 Å². The lowest BCUT2D eigenvalue weighted by Gasteiger charge is -2.46. The van der Waals surface area contributed by atoms with Crippen LogP contribution in [0.2, 0.25) is 5.02 Å². The Morgan fingerprint density at radius 3 is 2.67 bits per heavy atom. The number of carbonyl (C=O) groups excluding carboxylic acids is 1. The van der Waals surface area contributed by atoms with Gasteiger partial charge in [0.2, 0.25) is 0 Å². The van der Waals surface area contributed by atoms with E-state index in [-0.39, 0.29) is 30.1 Å². The lowest BCUT2D eigenvalue weighted by atomic mass is 9.84. The minimum Gasteiger partial charge on any atom is -0.489 e. The molecule has 1 aromatic heterocycles. The molecule has 0 spiro atoms. The van der Waals surface area contributed by atoms with Crippen LogP contribution in [0.5, 0.6) is 5.75 Å². The van der Waals surface area contributed by atoms with Crippen molar-refractivity contribution in [1.29, 1.82) is 5.26 Å². The number of pyridine rings is 1. The van der Waals surface area contributed by atoms with Crippen molar-refractivity contribution in [3.63, 3.8) is 0 Å². The number of benzene rings is 1. The van der Waals surface area contributed by atoms with Gasteiger partial charge in [-0.3, -0.25) is 0 Å². The van der Waals surface area contributed by atoms with E-state index >= 15 is 0 Å². The molecule has 2 atom stereocenters. The first-order chi connectivity index (χ1) is 15.9. The fraction of sp³-hybridized carbons (Fsp3) is 0.458. The molecule has 1 amide bonds. The van der Waals surface area contributed by atoms with Crippen LogP contribution in [0.3, 0.4) is 0 Å². The van der Waals surface area contributed by atoms with Gasteiger partial charge in [0, 0.05) is 36.7 Å². The summed E-state index contributed by atoms with van der Waals surface area (Å²) in [6.07, 6.45) is 1.17. The molecule has 2 saturated heterocycles. The number of nitrogens with one attached hydrogen (secondary N) is 1. The number of likely N-dealkylation sites (tertiary alicyclic amines) is 1. The summed E-state index contributed by atoms with van der Waals surface area (Å²) in [6.45, 7) is 7.75. The van der Waals surface area contributed by atoms with Crippen molar-refractivity contribution >= 4 is 29.2 Å². The van der Waals surface area contributed by atoms with Crippen molar-refractivity contribution in [2.75, 3.05) is 31.6 Å². The van der Waals surface area contributed by atoms with E-state index in [1.54, 1.807) is 29.3 Å². The molecule has 1 aromatic carbocycles. The number of ether oxygens (including phenoxy) is 3. The molecule has 0 saturated carbocycles. The number of aromatic nitrogens is 1. The zero-order valence-corrected chi connectivity index (χ0v) is 19.6. The Bertz CT molecular complexity index is 1060. The van der Waals surface area contributed by atoms with Gasteiger partial charge in [-0.25, -0.2) is 9.78 Å². The second kappa shape index (κ2) is 9.86. The summed E-state index contributed by atoms with van der Waals surface area (Å²) in [5.41, 5.74) is 1.99. The van der Waals surface area contributed by atoms with Gasteiger partial charge in [0.05, 0.1) is 41.7 Å². The molecule has 2 unspecified atom stereocenters. The van der Waals surface area contributed by atoms with E-state index in [1.807, 2.05) is 26.8 Å². The summed E-state index contributed by atoms with van der Waals surface area (Å²) in [6, 6.07) is 8.98. The van der Waals surface area contributed by atoms with Crippen LogP contribution in [-0.2, 0) is 9.47 Å². The standard InChI is InChI=1S/C24H27ClN4O4/c1-14(2)32-24(30)29-10-17-12-31-13-18(11-29)22(17)33-21-6-7-27-23(15(21)3)28-20-5-4-16(9-26)8-19(20)25/h4-8,14,17-18,22H,10-13H2,1-3H3,(H,27,28). The maximum absolute atomic E-state index is 12.4. The third kappa shape index (κ3) is 5.15. The first-order valence-corrected chi connectivity index (χ1v) is 11.4. The highest BCUT2D eigenvalue weighted by molar-refractivity contribution is 6.33. The number of piperidine rings is 1. The smallest absolute Gasteiger partial charge is 0.410 e. The number of hydrogen-bond donors (Lipinski definition) is 1. The average Bonchev–Trinajstić information content (AvgIpc) is 2.76. The van der Waals surface area contributed by atoms with Crippen LogP contribution in [0.1, 0.15) is 25.0 Å². The molecule has 4 rings (SSSR count). The Balaban J connectivity index is 1.49. The molecule has 8 nitrogen and oxygen atoms in total. The monoisotopic (exact) mass is 470 g/mol. The highest BCUT2D eigenvalue weighted by Gasteiger charge is 2.44. The molecule has 1 N–H and O–H groups in total. The molecule has 0 aliphatic carbocycles. The van der Waals surface area contributed by atoms with E-state index in [2.05, 4.69) is 16.4 Å². The fourth-order valence-corrected chi connectivity index (χ4v) is 4.48. The van der Waals surface area contributed by atoms with E-state index in [0.717, 1.165) is 11.3 Å². The van der Waals surface area contributed by atoms with Crippen molar-refractivity contribution in [3.05, 3.63) is 46.6 Å². The lowest BCUT2D eigenvalue weighted by molar-refractivity contribution is -0.110. The molecule has 2 fully saturated rings. The van der Waals surface area contributed by atoms with Gasteiger partial charge in [-0.1, -0.05) is 11.6 Å². The first kappa shape index (κ1) is 23.1. The molecule has 0 radical (unpaired) electrons. The van der Waals surface area contributed by atoms with Crippen LogP contribution < -0.4 is 10.1 Å². The number of halogens is 1.